The van der Waals surface area contributed by atoms with Crippen LogP contribution >= 0.6 is 0 Å². The average Bonchev–Trinajstić information content (AvgIpc) is 2.62. The highest BCUT2D eigenvalue weighted by Crippen LogP contribution is 2.46. The highest BCUT2D eigenvalue weighted by Gasteiger charge is 2.32. The van der Waals surface area contributed by atoms with Crippen LogP contribution in [0.3, 0.4) is 0 Å². The quantitative estimate of drug-likeness (QED) is 0.663. The molecule has 0 saturated heterocycles. The number of benzene rings is 2. The van der Waals surface area contributed by atoms with Crippen molar-refractivity contribution >= 4 is 17.6 Å². The lowest BCUT2D eigenvalue weighted by Gasteiger charge is -2.35. The smallest absolute Gasteiger partial charge is 0.308 e. The molecule has 1 aliphatic rings. The molecule has 0 radical (unpaired) electrons. The first kappa shape index (κ1) is 18.9. The Morgan fingerprint density at radius 1 is 1.15 bits per heavy atom. The van der Waals surface area contributed by atoms with Crippen molar-refractivity contribution in [2.24, 2.45) is 0 Å². The zero-order valence-electron chi connectivity index (χ0n) is 16.0. The van der Waals surface area contributed by atoms with Crippen LogP contribution in [-0.4, -0.2) is 37.5 Å². The third-order valence-electron chi connectivity index (χ3n) is 4.65. The summed E-state index contributed by atoms with van der Waals surface area (Å²) in [7, 11) is 3.56. The second-order valence-corrected chi connectivity index (χ2v) is 6.78. The van der Waals surface area contributed by atoms with Gasteiger partial charge in [-0.2, -0.15) is 0 Å². The number of carbonyl (C=O) groups is 2. The van der Waals surface area contributed by atoms with E-state index in [0.29, 0.717) is 23.7 Å². The molecule has 1 atom stereocenters. The first-order chi connectivity index (χ1) is 12.9. The summed E-state index contributed by atoms with van der Waals surface area (Å²) >= 11 is 0. The largest absolute Gasteiger partial charge is 0.494 e. The summed E-state index contributed by atoms with van der Waals surface area (Å²) in [4.78, 5) is 25.7. The monoisotopic (exact) mass is 368 g/mol. The molecule has 2 aromatic carbocycles. The lowest BCUT2D eigenvalue weighted by atomic mass is 9.83. The van der Waals surface area contributed by atoms with Crippen molar-refractivity contribution in [3.63, 3.8) is 0 Å². The van der Waals surface area contributed by atoms with E-state index >= 15 is 0 Å². The van der Waals surface area contributed by atoms with Gasteiger partial charge >= 0.3 is 5.97 Å². The number of fused-ring (bicyclic) bond motifs is 1. The highest BCUT2D eigenvalue weighted by molar-refractivity contribution is 5.92. The van der Waals surface area contributed by atoms with Crippen LogP contribution in [0.4, 0.5) is 5.69 Å². The number of hydrogen-bond acceptors (Lipinski definition) is 5. The number of hydrogen-bond donors (Lipinski definition) is 1. The fourth-order valence-electron chi connectivity index (χ4n) is 3.66. The van der Waals surface area contributed by atoms with Crippen LogP contribution < -0.4 is 14.8 Å². The minimum absolute atomic E-state index is 0.00714. The van der Waals surface area contributed by atoms with Crippen molar-refractivity contribution in [1.82, 2.24) is 4.90 Å². The Kier molecular flexibility index (Phi) is 5.46. The maximum absolute atomic E-state index is 11.8. The standard InChI is InChI=1S/C21H24N2O4/c1-13(24)22-21-17-12-23(3)11-16(15-8-6-5-7-9-15)20(17)18(27-14(2)25)10-19(21)26-4/h5-10,16H,11-12H2,1-4H3,(H,22,24). The number of ether oxygens (including phenoxy) is 2. The molecule has 2 aromatic rings. The summed E-state index contributed by atoms with van der Waals surface area (Å²) in [6, 6.07) is 11.8. The number of methoxy groups -OCH3 is 1. The van der Waals surface area contributed by atoms with Crippen molar-refractivity contribution in [2.75, 3.05) is 26.0 Å². The van der Waals surface area contributed by atoms with Gasteiger partial charge < -0.3 is 19.7 Å². The zero-order valence-corrected chi connectivity index (χ0v) is 16.0. The molecular formula is C21H24N2O4. The maximum Gasteiger partial charge on any atom is 0.308 e. The molecule has 1 heterocycles. The third-order valence-corrected chi connectivity index (χ3v) is 4.65. The zero-order chi connectivity index (χ0) is 19.6. The normalized spacial score (nSPS) is 16.4. The van der Waals surface area contributed by atoms with E-state index in [1.54, 1.807) is 6.07 Å². The number of anilines is 1. The number of esters is 1. The average molecular weight is 368 g/mol. The second kappa shape index (κ2) is 7.80. The second-order valence-electron chi connectivity index (χ2n) is 6.78. The minimum Gasteiger partial charge on any atom is -0.494 e. The van der Waals surface area contributed by atoms with E-state index in [1.165, 1.54) is 21.0 Å². The van der Waals surface area contributed by atoms with Crippen LogP contribution in [0.25, 0.3) is 0 Å². The van der Waals surface area contributed by atoms with Gasteiger partial charge in [0.05, 0.1) is 12.8 Å². The minimum atomic E-state index is -0.391. The molecule has 142 valence electrons. The van der Waals surface area contributed by atoms with Gasteiger partial charge in [-0.25, -0.2) is 0 Å². The van der Waals surface area contributed by atoms with E-state index in [1.807, 2.05) is 25.2 Å². The van der Waals surface area contributed by atoms with Crippen molar-refractivity contribution in [3.8, 4) is 11.5 Å². The van der Waals surface area contributed by atoms with Crippen LogP contribution in [0.1, 0.15) is 36.5 Å². The lowest BCUT2D eigenvalue weighted by molar-refractivity contribution is -0.132. The number of rotatable bonds is 4. The first-order valence-corrected chi connectivity index (χ1v) is 8.84. The number of amides is 1. The first-order valence-electron chi connectivity index (χ1n) is 8.84. The molecule has 6 heteroatoms. The molecule has 0 spiro atoms. The van der Waals surface area contributed by atoms with Gasteiger partial charge in [0.2, 0.25) is 5.91 Å². The topological polar surface area (TPSA) is 67.9 Å². The van der Waals surface area contributed by atoms with Crippen molar-refractivity contribution < 1.29 is 19.1 Å². The van der Waals surface area contributed by atoms with Crippen LogP contribution in [-0.2, 0) is 16.1 Å². The predicted molar refractivity (Wildman–Crippen MR) is 103 cm³/mol. The Bertz CT molecular complexity index is 864. The van der Waals surface area contributed by atoms with Crippen LogP contribution in [0.5, 0.6) is 11.5 Å². The molecule has 1 amide bonds. The molecule has 6 nitrogen and oxygen atoms in total. The van der Waals surface area contributed by atoms with E-state index in [4.69, 9.17) is 9.47 Å². The summed E-state index contributed by atoms with van der Waals surface area (Å²) < 4.78 is 11.0. The number of carbonyl (C=O) groups excluding carboxylic acids is 2. The van der Waals surface area contributed by atoms with Gasteiger partial charge in [0.25, 0.3) is 0 Å². The van der Waals surface area contributed by atoms with Crippen LogP contribution in [0.15, 0.2) is 36.4 Å². The molecule has 1 aliphatic heterocycles. The predicted octanol–water partition coefficient (Wildman–Crippen LogP) is 3.16. The fraction of sp³-hybridized carbons (Fsp3) is 0.333. The van der Waals surface area contributed by atoms with E-state index in [0.717, 1.165) is 23.2 Å². The van der Waals surface area contributed by atoms with Gasteiger partial charge in [-0.05, 0) is 12.6 Å². The molecule has 0 aromatic heterocycles. The Morgan fingerprint density at radius 3 is 2.44 bits per heavy atom. The Labute approximate surface area is 159 Å². The summed E-state index contributed by atoms with van der Waals surface area (Å²) in [6.45, 7) is 4.23. The summed E-state index contributed by atoms with van der Waals surface area (Å²) in [5, 5.41) is 2.89. The number of likely N-dealkylation sites (N-methyl/N-ethyl adjacent to an activating group) is 1. The summed E-state index contributed by atoms with van der Waals surface area (Å²) in [5.74, 6) is 0.387. The third kappa shape index (κ3) is 3.95. The van der Waals surface area contributed by atoms with Gasteiger partial charge in [0.1, 0.15) is 11.5 Å². The van der Waals surface area contributed by atoms with Crippen molar-refractivity contribution in [2.45, 2.75) is 26.3 Å². The Morgan fingerprint density at radius 2 is 1.85 bits per heavy atom. The van der Waals surface area contributed by atoms with Crippen molar-refractivity contribution in [1.29, 1.82) is 0 Å². The summed E-state index contributed by atoms with van der Waals surface area (Å²) in [5.41, 5.74) is 3.57. The summed E-state index contributed by atoms with van der Waals surface area (Å²) in [6.07, 6.45) is 0. The molecule has 0 bridgehead atoms. The van der Waals surface area contributed by atoms with Gasteiger partial charge in [0, 0.05) is 50.0 Å². The molecule has 0 aliphatic carbocycles. The Balaban J connectivity index is 2.27. The van der Waals surface area contributed by atoms with Crippen molar-refractivity contribution in [3.05, 3.63) is 53.1 Å². The van der Waals surface area contributed by atoms with E-state index in [2.05, 4.69) is 22.3 Å². The lowest BCUT2D eigenvalue weighted by Crippen LogP contribution is -2.32. The van der Waals surface area contributed by atoms with Crippen LogP contribution in [0.2, 0.25) is 0 Å². The molecule has 3 rings (SSSR count). The highest BCUT2D eigenvalue weighted by atomic mass is 16.5. The molecule has 27 heavy (non-hydrogen) atoms. The van der Waals surface area contributed by atoms with Gasteiger partial charge in [-0.1, -0.05) is 30.3 Å². The maximum atomic E-state index is 11.8. The van der Waals surface area contributed by atoms with Crippen LogP contribution in [0, 0.1) is 0 Å². The van der Waals surface area contributed by atoms with E-state index in [-0.39, 0.29) is 11.8 Å². The van der Waals surface area contributed by atoms with E-state index < -0.39 is 5.97 Å². The fourth-order valence-corrected chi connectivity index (χ4v) is 3.66. The SMILES string of the molecule is COc1cc(OC(C)=O)c2c(c1NC(C)=O)CN(C)CC2c1ccccc1. The van der Waals surface area contributed by atoms with E-state index in [9.17, 15) is 9.59 Å². The van der Waals surface area contributed by atoms with Gasteiger partial charge in [0.15, 0.2) is 0 Å². The molecular weight excluding hydrogens is 344 g/mol. The molecule has 1 N–H and O–H groups in total. The Hall–Kier alpha value is -2.86. The number of nitrogens with one attached hydrogen (secondary N) is 1. The molecule has 1 unspecified atom stereocenters. The van der Waals surface area contributed by atoms with Gasteiger partial charge in [-0.15, -0.1) is 0 Å². The number of nitrogens with zero attached hydrogens (tertiary/aromatic N) is 1. The van der Waals surface area contributed by atoms with Gasteiger partial charge in [-0.3, -0.25) is 9.59 Å². The molecule has 0 fully saturated rings. The molecule has 0 saturated carbocycles.